The van der Waals surface area contributed by atoms with Crippen LogP contribution in [0.2, 0.25) is 0 Å². The van der Waals surface area contributed by atoms with E-state index in [4.69, 9.17) is 0 Å². The van der Waals surface area contributed by atoms with Gasteiger partial charge in [-0.3, -0.25) is 0 Å². The number of carbonyl (C=O) groups is 1. The van der Waals surface area contributed by atoms with E-state index in [9.17, 15) is 22.4 Å². The number of alkyl halides is 3. The highest BCUT2D eigenvalue weighted by Crippen LogP contribution is 2.30. The van der Waals surface area contributed by atoms with Crippen LogP contribution in [0, 0.1) is 5.82 Å². The first-order valence-corrected chi connectivity index (χ1v) is 7.36. The first-order chi connectivity index (χ1) is 12.1. The van der Waals surface area contributed by atoms with Crippen molar-refractivity contribution in [1.82, 2.24) is 9.97 Å². The second kappa shape index (κ2) is 7.54. The van der Waals surface area contributed by atoms with E-state index < -0.39 is 23.7 Å². The Balaban J connectivity index is 2.29. The highest BCUT2D eigenvalue weighted by Gasteiger charge is 2.34. The minimum atomic E-state index is -4.65. The molecule has 0 saturated heterocycles. The van der Waals surface area contributed by atoms with Crippen LogP contribution in [0.25, 0.3) is 0 Å². The van der Waals surface area contributed by atoms with Crippen LogP contribution in [0.15, 0.2) is 24.3 Å². The maximum atomic E-state index is 13.9. The first-order valence-electron chi connectivity index (χ1n) is 7.36. The summed E-state index contributed by atoms with van der Waals surface area (Å²) < 4.78 is 57.4. The minimum Gasteiger partial charge on any atom is -0.465 e. The normalized spacial score (nSPS) is 11.2. The fourth-order valence-corrected chi connectivity index (χ4v) is 2.02. The molecule has 1 aromatic heterocycles. The molecule has 0 unspecified atom stereocenters. The minimum absolute atomic E-state index is 0.0404. The highest BCUT2D eigenvalue weighted by molar-refractivity contribution is 5.89. The third kappa shape index (κ3) is 4.58. The molecule has 1 N–H and O–H groups in total. The van der Waals surface area contributed by atoms with Crippen LogP contribution in [-0.2, 0) is 17.5 Å². The lowest BCUT2D eigenvalue weighted by Crippen LogP contribution is -2.17. The van der Waals surface area contributed by atoms with Gasteiger partial charge in [0, 0.05) is 32.3 Å². The standard InChI is InChI=1S/C16H16F4N4O2/c1-24(2)13-7-12(16(18,19)20)22-15(23-13)21-8-10-6-9(14(25)26-3)4-5-11(10)17/h4-7H,8H2,1-3H3,(H,21,22,23). The zero-order valence-electron chi connectivity index (χ0n) is 14.2. The van der Waals surface area contributed by atoms with Crippen molar-refractivity contribution < 1.29 is 27.1 Å². The summed E-state index contributed by atoms with van der Waals surface area (Å²) in [4.78, 5) is 20.3. The number of hydrogen-bond donors (Lipinski definition) is 1. The molecule has 0 saturated carbocycles. The zero-order chi connectivity index (χ0) is 19.5. The Morgan fingerprint density at radius 1 is 1.23 bits per heavy atom. The molecule has 0 radical (unpaired) electrons. The number of hydrogen-bond acceptors (Lipinski definition) is 6. The van der Waals surface area contributed by atoms with Gasteiger partial charge >= 0.3 is 12.1 Å². The van der Waals surface area contributed by atoms with Crippen LogP contribution in [0.3, 0.4) is 0 Å². The van der Waals surface area contributed by atoms with Gasteiger partial charge in [-0.25, -0.2) is 14.2 Å². The van der Waals surface area contributed by atoms with E-state index in [2.05, 4.69) is 20.0 Å². The second-order valence-corrected chi connectivity index (χ2v) is 5.48. The average molecular weight is 372 g/mol. The van der Waals surface area contributed by atoms with Crippen molar-refractivity contribution in [3.8, 4) is 0 Å². The lowest BCUT2D eigenvalue weighted by atomic mass is 10.1. The molecule has 0 fully saturated rings. The fraction of sp³-hybridized carbons (Fsp3) is 0.312. The molecule has 2 aromatic rings. The van der Waals surface area contributed by atoms with Crippen LogP contribution >= 0.6 is 0 Å². The number of halogens is 4. The van der Waals surface area contributed by atoms with Crippen molar-refractivity contribution in [2.45, 2.75) is 12.7 Å². The van der Waals surface area contributed by atoms with Gasteiger partial charge in [-0.2, -0.15) is 18.2 Å². The third-order valence-electron chi connectivity index (χ3n) is 3.37. The maximum absolute atomic E-state index is 13.9. The quantitative estimate of drug-likeness (QED) is 0.643. The van der Waals surface area contributed by atoms with Gasteiger partial charge in [0.2, 0.25) is 5.95 Å². The van der Waals surface area contributed by atoms with E-state index in [1.165, 1.54) is 38.2 Å². The fourth-order valence-electron chi connectivity index (χ4n) is 2.02. The lowest BCUT2D eigenvalue weighted by molar-refractivity contribution is -0.141. The number of carbonyl (C=O) groups excluding carboxylic acids is 1. The molecule has 10 heteroatoms. The number of nitrogens with one attached hydrogen (secondary N) is 1. The number of benzene rings is 1. The van der Waals surface area contributed by atoms with E-state index in [0.717, 1.165) is 12.1 Å². The molecular weight excluding hydrogens is 356 g/mol. The van der Waals surface area contributed by atoms with Crippen molar-refractivity contribution in [2.24, 2.45) is 0 Å². The summed E-state index contributed by atoms with van der Waals surface area (Å²) in [5.41, 5.74) is -0.951. The molecule has 0 atom stereocenters. The molecular formula is C16H16F4N4O2. The Kier molecular flexibility index (Phi) is 5.63. The Morgan fingerprint density at radius 2 is 1.92 bits per heavy atom. The smallest absolute Gasteiger partial charge is 0.433 e. The SMILES string of the molecule is COC(=O)c1ccc(F)c(CNc2nc(N(C)C)cc(C(F)(F)F)n2)c1. The highest BCUT2D eigenvalue weighted by atomic mass is 19.4. The van der Waals surface area contributed by atoms with Gasteiger partial charge < -0.3 is 15.0 Å². The number of anilines is 2. The molecule has 140 valence electrons. The molecule has 2 rings (SSSR count). The van der Waals surface area contributed by atoms with Gasteiger partial charge in [0.05, 0.1) is 12.7 Å². The van der Waals surface area contributed by atoms with Crippen molar-refractivity contribution >= 4 is 17.7 Å². The molecule has 0 amide bonds. The van der Waals surface area contributed by atoms with Gasteiger partial charge in [0.1, 0.15) is 11.6 Å². The van der Waals surface area contributed by atoms with Gasteiger partial charge in [0.15, 0.2) is 5.69 Å². The van der Waals surface area contributed by atoms with Crippen LogP contribution < -0.4 is 10.2 Å². The number of nitrogens with zero attached hydrogens (tertiary/aromatic N) is 3. The Hall–Kier alpha value is -2.91. The average Bonchev–Trinajstić information content (AvgIpc) is 2.59. The predicted molar refractivity (Wildman–Crippen MR) is 86.4 cm³/mol. The van der Waals surface area contributed by atoms with Crippen molar-refractivity contribution in [3.05, 3.63) is 46.9 Å². The summed E-state index contributed by atoms with van der Waals surface area (Å²) in [7, 11) is 4.25. The number of esters is 1. The van der Waals surface area contributed by atoms with Crippen LogP contribution in [0.5, 0.6) is 0 Å². The molecule has 1 heterocycles. The zero-order valence-corrected chi connectivity index (χ0v) is 14.2. The van der Waals surface area contributed by atoms with E-state index >= 15 is 0 Å². The summed E-state index contributed by atoms with van der Waals surface area (Å²) in [6.07, 6.45) is -4.65. The van der Waals surface area contributed by atoms with Gasteiger partial charge in [-0.1, -0.05) is 0 Å². The topological polar surface area (TPSA) is 67.3 Å². The Morgan fingerprint density at radius 3 is 2.50 bits per heavy atom. The molecule has 0 bridgehead atoms. The third-order valence-corrected chi connectivity index (χ3v) is 3.37. The molecule has 0 aliphatic heterocycles. The molecule has 6 nitrogen and oxygen atoms in total. The summed E-state index contributed by atoms with van der Waals surface area (Å²) in [5.74, 6) is -1.56. The molecule has 0 spiro atoms. The lowest BCUT2D eigenvalue weighted by Gasteiger charge is -2.16. The van der Waals surface area contributed by atoms with Crippen molar-refractivity contribution in [2.75, 3.05) is 31.4 Å². The van der Waals surface area contributed by atoms with Crippen LogP contribution in [-0.4, -0.2) is 37.1 Å². The van der Waals surface area contributed by atoms with Crippen molar-refractivity contribution in [1.29, 1.82) is 0 Å². The summed E-state index contributed by atoms with van der Waals surface area (Å²) in [6.45, 7) is -0.217. The number of aromatic nitrogens is 2. The monoisotopic (exact) mass is 372 g/mol. The number of ether oxygens (including phenoxy) is 1. The van der Waals surface area contributed by atoms with E-state index in [1.807, 2.05) is 0 Å². The summed E-state index contributed by atoms with van der Waals surface area (Å²) in [5, 5.41) is 2.55. The Bertz CT molecular complexity index is 809. The second-order valence-electron chi connectivity index (χ2n) is 5.48. The van der Waals surface area contributed by atoms with Gasteiger partial charge in [-0.15, -0.1) is 0 Å². The summed E-state index contributed by atoms with van der Waals surface area (Å²) in [6, 6.07) is 4.37. The van der Waals surface area contributed by atoms with E-state index in [0.29, 0.717) is 0 Å². The van der Waals surface area contributed by atoms with Gasteiger partial charge in [0.25, 0.3) is 0 Å². The first kappa shape index (κ1) is 19.4. The summed E-state index contributed by atoms with van der Waals surface area (Å²) >= 11 is 0. The van der Waals surface area contributed by atoms with Crippen LogP contribution in [0.4, 0.5) is 29.3 Å². The number of rotatable bonds is 5. The maximum Gasteiger partial charge on any atom is 0.433 e. The largest absolute Gasteiger partial charge is 0.465 e. The molecule has 0 aliphatic rings. The van der Waals surface area contributed by atoms with Gasteiger partial charge in [-0.05, 0) is 18.2 Å². The van der Waals surface area contributed by atoms with E-state index in [-0.39, 0.29) is 29.4 Å². The Labute approximate surface area is 146 Å². The molecule has 26 heavy (non-hydrogen) atoms. The number of methoxy groups -OCH3 is 1. The van der Waals surface area contributed by atoms with Crippen LogP contribution in [0.1, 0.15) is 21.6 Å². The van der Waals surface area contributed by atoms with Crippen molar-refractivity contribution in [3.63, 3.8) is 0 Å². The molecule has 1 aromatic carbocycles. The molecule has 0 aliphatic carbocycles. The predicted octanol–water partition coefficient (Wildman–Crippen LogP) is 3.10. The van der Waals surface area contributed by atoms with E-state index in [1.54, 1.807) is 0 Å².